The SMILES string of the molecule is Cc1cc2c(cc1F)[nH]c1c(=O)oc3ncccc3c12. The van der Waals surface area contributed by atoms with E-state index in [1.165, 1.54) is 6.07 Å². The molecular weight excluding hydrogens is 259 g/mol. The van der Waals surface area contributed by atoms with Crippen LogP contribution < -0.4 is 5.63 Å². The Morgan fingerprint density at radius 3 is 3.00 bits per heavy atom. The van der Waals surface area contributed by atoms with Gasteiger partial charge in [0.25, 0.3) is 0 Å². The van der Waals surface area contributed by atoms with Crippen LogP contribution in [0.1, 0.15) is 5.56 Å². The van der Waals surface area contributed by atoms with E-state index in [0.717, 1.165) is 16.2 Å². The van der Waals surface area contributed by atoms with Gasteiger partial charge in [-0.1, -0.05) is 0 Å². The monoisotopic (exact) mass is 268 g/mol. The second-order valence-electron chi connectivity index (χ2n) is 4.77. The molecule has 0 amide bonds. The van der Waals surface area contributed by atoms with E-state index in [1.807, 2.05) is 6.07 Å². The second-order valence-corrected chi connectivity index (χ2v) is 4.77. The minimum Gasteiger partial charge on any atom is -0.402 e. The van der Waals surface area contributed by atoms with Crippen molar-refractivity contribution in [1.82, 2.24) is 9.97 Å². The van der Waals surface area contributed by atoms with E-state index in [2.05, 4.69) is 9.97 Å². The van der Waals surface area contributed by atoms with Crippen LogP contribution in [-0.2, 0) is 0 Å². The Morgan fingerprint density at radius 1 is 1.30 bits per heavy atom. The maximum absolute atomic E-state index is 13.7. The predicted octanol–water partition coefficient (Wildman–Crippen LogP) is 3.27. The number of halogens is 1. The van der Waals surface area contributed by atoms with Crippen LogP contribution in [0.2, 0.25) is 0 Å². The van der Waals surface area contributed by atoms with Gasteiger partial charge in [-0.25, -0.2) is 14.2 Å². The minimum absolute atomic E-state index is 0.285. The molecule has 1 N–H and O–H groups in total. The van der Waals surface area contributed by atoms with Gasteiger partial charge >= 0.3 is 5.63 Å². The molecule has 0 aliphatic carbocycles. The van der Waals surface area contributed by atoms with Crippen molar-refractivity contribution in [3.8, 4) is 0 Å². The van der Waals surface area contributed by atoms with Gasteiger partial charge < -0.3 is 9.40 Å². The van der Waals surface area contributed by atoms with Gasteiger partial charge in [-0.15, -0.1) is 0 Å². The molecule has 98 valence electrons. The summed E-state index contributed by atoms with van der Waals surface area (Å²) in [5, 5.41) is 2.26. The van der Waals surface area contributed by atoms with E-state index in [0.29, 0.717) is 16.6 Å². The zero-order chi connectivity index (χ0) is 13.9. The Bertz CT molecular complexity index is 1050. The molecule has 5 heteroatoms. The van der Waals surface area contributed by atoms with Crippen molar-refractivity contribution in [1.29, 1.82) is 0 Å². The van der Waals surface area contributed by atoms with Gasteiger partial charge in [0.05, 0.1) is 0 Å². The maximum Gasteiger partial charge on any atom is 0.362 e. The predicted molar refractivity (Wildman–Crippen MR) is 74.3 cm³/mol. The number of hydrogen-bond donors (Lipinski definition) is 1. The lowest BCUT2D eigenvalue weighted by Gasteiger charge is -1.99. The first-order valence-corrected chi connectivity index (χ1v) is 6.14. The summed E-state index contributed by atoms with van der Waals surface area (Å²) in [5.41, 5.74) is 1.23. The average Bonchev–Trinajstić information content (AvgIpc) is 2.79. The number of aromatic amines is 1. The van der Waals surface area contributed by atoms with Gasteiger partial charge in [0.15, 0.2) is 0 Å². The molecule has 4 rings (SSSR count). The highest BCUT2D eigenvalue weighted by Crippen LogP contribution is 2.30. The first-order valence-electron chi connectivity index (χ1n) is 6.14. The summed E-state index contributed by atoms with van der Waals surface area (Å²) in [7, 11) is 0. The molecule has 0 saturated heterocycles. The van der Waals surface area contributed by atoms with Crippen molar-refractivity contribution in [3.05, 3.63) is 52.3 Å². The smallest absolute Gasteiger partial charge is 0.362 e. The second kappa shape index (κ2) is 3.66. The summed E-state index contributed by atoms with van der Waals surface area (Å²) in [6, 6.07) is 6.73. The molecule has 0 atom stereocenters. The van der Waals surface area contributed by atoms with Crippen molar-refractivity contribution in [2.45, 2.75) is 6.92 Å². The lowest BCUT2D eigenvalue weighted by atomic mass is 10.1. The van der Waals surface area contributed by atoms with Crippen molar-refractivity contribution in [3.63, 3.8) is 0 Å². The Morgan fingerprint density at radius 2 is 2.15 bits per heavy atom. The first-order chi connectivity index (χ1) is 9.65. The van der Waals surface area contributed by atoms with Gasteiger partial charge in [0.1, 0.15) is 11.3 Å². The van der Waals surface area contributed by atoms with Crippen LogP contribution >= 0.6 is 0 Å². The van der Waals surface area contributed by atoms with E-state index in [9.17, 15) is 9.18 Å². The van der Waals surface area contributed by atoms with Crippen LogP contribution in [0.3, 0.4) is 0 Å². The molecular formula is C15H9FN2O2. The molecule has 0 fully saturated rings. The zero-order valence-electron chi connectivity index (χ0n) is 10.5. The van der Waals surface area contributed by atoms with Crippen LogP contribution in [0.15, 0.2) is 39.7 Å². The highest BCUT2D eigenvalue weighted by atomic mass is 19.1. The van der Waals surface area contributed by atoms with Crippen LogP contribution in [0.25, 0.3) is 32.9 Å². The third kappa shape index (κ3) is 1.34. The van der Waals surface area contributed by atoms with E-state index in [1.54, 1.807) is 25.3 Å². The molecule has 0 saturated carbocycles. The molecule has 0 spiro atoms. The maximum atomic E-state index is 13.7. The van der Waals surface area contributed by atoms with E-state index >= 15 is 0 Å². The molecule has 3 aromatic heterocycles. The topological polar surface area (TPSA) is 58.9 Å². The van der Waals surface area contributed by atoms with Gasteiger partial charge in [-0.05, 0) is 36.8 Å². The fourth-order valence-electron chi connectivity index (χ4n) is 2.56. The lowest BCUT2D eigenvalue weighted by molar-refractivity contribution is 0.557. The van der Waals surface area contributed by atoms with E-state index in [4.69, 9.17) is 4.42 Å². The molecule has 0 bridgehead atoms. The molecule has 0 unspecified atom stereocenters. The van der Waals surface area contributed by atoms with Gasteiger partial charge in [0, 0.05) is 27.9 Å². The van der Waals surface area contributed by atoms with Crippen LogP contribution in [0, 0.1) is 12.7 Å². The van der Waals surface area contributed by atoms with Crippen LogP contribution in [-0.4, -0.2) is 9.97 Å². The van der Waals surface area contributed by atoms with Crippen molar-refractivity contribution in [2.75, 3.05) is 0 Å². The average molecular weight is 268 g/mol. The Hall–Kier alpha value is -2.69. The number of nitrogens with one attached hydrogen (secondary N) is 1. The van der Waals surface area contributed by atoms with Gasteiger partial charge in [-0.3, -0.25) is 0 Å². The summed E-state index contributed by atoms with van der Waals surface area (Å²) in [6.07, 6.45) is 1.57. The van der Waals surface area contributed by atoms with Gasteiger partial charge in [0.2, 0.25) is 5.71 Å². The Balaban J connectivity index is 2.38. The number of fused-ring (bicyclic) bond motifs is 5. The molecule has 0 aliphatic rings. The standard InChI is InChI=1S/C15H9FN2O2/c1-7-5-9-11(6-10(7)16)18-13-12(9)8-3-2-4-17-14(8)20-15(13)19/h2-6,18H,1H3. The number of pyridine rings is 1. The number of aryl methyl sites for hydroxylation is 1. The minimum atomic E-state index is -0.500. The molecule has 20 heavy (non-hydrogen) atoms. The summed E-state index contributed by atoms with van der Waals surface area (Å²) >= 11 is 0. The molecule has 4 nitrogen and oxygen atoms in total. The summed E-state index contributed by atoms with van der Waals surface area (Å²) < 4.78 is 18.8. The first kappa shape index (κ1) is 11.2. The fraction of sp³-hybridized carbons (Fsp3) is 0.0667. The normalized spacial score (nSPS) is 11.7. The van der Waals surface area contributed by atoms with Crippen LogP contribution in [0.4, 0.5) is 4.39 Å². The molecule has 3 heterocycles. The quantitative estimate of drug-likeness (QED) is 0.532. The number of aromatic nitrogens is 2. The molecule has 0 radical (unpaired) electrons. The summed E-state index contributed by atoms with van der Waals surface area (Å²) in [4.78, 5) is 19.0. The third-order valence-electron chi connectivity index (χ3n) is 3.51. The number of nitrogens with zero attached hydrogens (tertiary/aromatic N) is 1. The fourth-order valence-corrected chi connectivity index (χ4v) is 2.56. The van der Waals surface area contributed by atoms with Crippen LogP contribution in [0.5, 0.6) is 0 Å². The molecule has 1 aromatic carbocycles. The third-order valence-corrected chi connectivity index (χ3v) is 3.51. The number of rotatable bonds is 0. The largest absolute Gasteiger partial charge is 0.402 e. The highest BCUT2D eigenvalue weighted by molar-refractivity contribution is 6.18. The zero-order valence-corrected chi connectivity index (χ0v) is 10.5. The van der Waals surface area contributed by atoms with Crippen molar-refractivity contribution in [2.24, 2.45) is 0 Å². The van der Waals surface area contributed by atoms with Crippen molar-refractivity contribution < 1.29 is 8.81 Å². The number of hydrogen-bond acceptors (Lipinski definition) is 3. The Kier molecular flexibility index (Phi) is 2.04. The highest BCUT2D eigenvalue weighted by Gasteiger charge is 2.15. The summed E-state index contributed by atoms with van der Waals surface area (Å²) in [6.45, 7) is 1.69. The van der Waals surface area contributed by atoms with Gasteiger partial charge in [-0.2, -0.15) is 0 Å². The van der Waals surface area contributed by atoms with E-state index < -0.39 is 5.63 Å². The van der Waals surface area contributed by atoms with E-state index in [-0.39, 0.29) is 11.5 Å². The number of benzene rings is 1. The Labute approximate surface area is 111 Å². The van der Waals surface area contributed by atoms with Crippen molar-refractivity contribution >= 4 is 32.9 Å². The lowest BCUT2D eigenvalue weighted by Crippen LogP contribution is -1.99. The summed E-state index contributed by atoms with van der Waals surface area (Å²) in [5.74, 6) is -0.309. The number of H-pyrrole nitrogens is 1. The molecule has 0 aliphatic heterocycles. The molecule has 4 aromatic rings.